The normalized spacial score (nSPS) is 13.6. The number of rotatable bonds is 4. The van der Waals surface area contributed by atoms with E-state index in [4.69, 9.17) is 15.0 Å². The van der Waals surface area contributed by atoms with Crippen LogP contribution in [0, 0.1) is 0 Å². The lowest BCUT2D eigenvalue weighted by atomic mass is 10.3. The monoisotopic (exact) mass is 185 g/mol. The highest BCUT2D eigenvalue weighted by Gasteiger charge is 2.09. The van der Waals surface area contributed by atoms with Crippen LogP contribution in [0.3, 0.4) is 0 Å². The van der Waals surface area contributed by atoms with Gasteiger partial charge in [-0.05, 0) is 20.8 Å². The summed E-state index contributed by atoms with van der Waals surface area (Å²) in [6.45, 7) is 6.04. The molecule has 13 heavy (non-hydrogen) atoms. The maximum Gasteiger partial charge on any atom is 0.252 e. The highest BCUT2D eigenvalue weighted by atomic mass is 16.5. The van der Waals surface area contributed by atoms with Crippen LogP contribution >= 0.6 is 0 Å². The quantitative estimate of drug-likeness (QED) is 0.757. The number of ether oxygens (including phenoxy) is 1. The molecule has 1 aromatic rings. The first kappa shape index (κ1) is 10.1. The molecule has 0 aromatic carbocycles. The first-order valence-corrected chi connectivity index (χ1v) is 4.29. The molecule has 1 unspecified atom stereocenters. The summed E-state index contributed by atoms with van der Waals surface area (Å²) in [6.07, 6.45) is 0.158. The van der Waals surface area contributed by atoms with Crippen LogP contribution in [0.5, 0.6) is 0 Å². The summed E-state index contributed by atoms with van der Waals surface area (Å²) in [5, 5.41) is 3.70. The molecule has 0 spiro atoms. The van der Waals surface area contributed by atoms with Crippen LogP contribution in [0.15, 0.2) is 4.52 Å². The van der Waals surface area contributed by atoms with E-state index in [1.165, 1.54) is 0 Å². The number of aromatic nitrogens is 2. The Morgan fingerprint density at radius 3 is 2.62 bits per heavy atom. The molecule has 2 N–H and O–H groups in total. The van der Waals surface area contributed by atoms with Crippen molar-refractivity contribution in [2.45, 2.75) is 39.5 Å². The molecule has 0 saturated carbocycles. The fourth-order valence-corrected chi connectivity index (χ4v) is 0.750. The van der Waals surface area contributed by atoms with E-state index in [0.29, 0.717) is 18.3 Å². The fourth-order valence-electron chi connectivity index (χ4n) is 0.750. The van der Waals surface area contributed by atoms with Gasteiger partial charge in [-0.15, -0.1) is 0 Å². The van der Waals surface area contributed by atoms with E-state index in [0.717, 1.165) is 0 Å². The third-order valence-corrected chi connectivity index (χ3v) is 1.43. The Morgan fingerprint density at radius 1 is 1.46 bits per heavy atom. The zero-order chi connectivity index (χ0) is 9.84. The molecule has 74 valence electrons. The summed E-state index contributed by atoms with van der Waals surface area (Å²) < 4.78 is 10.2. The van der Waals surface area contributed by atoms with Gasteiger partial charge in [0, 0.05) is 0 Å². The lowest BCUT2D eigenvalue weighted by Gasteiger charge is -2.02. The molecule has 1 heterocycles. The van der Waals surface area contributed by atoms with Crippen molar-refractivity contribution in [1.29, 1.82) is 0 Å². The lowest BCUT2D eigenvalue weighted by Crippen LogP contribution is -2.07. The van der Waals surface area contributed by atoms with Gasteiger partial charge < -0.3 is 15.0 Å². The Labute approximate surface area is 77.3 Å². The highest BCUT2D eigenvalue weighted by molar-refractivity contribution is 4.89. The smallest absolute Gasteiger partial charge is 0.252 e. The van der Waals surface area contributed by atoms with E-state index in [-0.39, 0.29) is 12.1 Å². The van der Waals surface area contributed by atoms with Crippen molar-refractivity contribution in [3.8, 4) is 0 Å². The Hall–Kier alpha value is -0.940. The van der Waals surface area contributed by atoms with Gasteiger partial charge >= 0.3 is 0 Å². The summed E-state index contributed by atoms with van der Waals surface area (Å²) in [4.78, 5) is 4.05. The summed E-state index contributed by atoms with van der Waals surface area (Å²) in [6, 6.07) is -0.198. The Bertz CT molecular complexity index is 258. The van der Waals surface area contributed by atoms with Gasteiger partial charge in [-0.2, -0.15) is 4.98 Å². The van der Waals surface area contributed by atoms with Crippen molar-refractivity contribution < 1.29 is 9.26 Å². The van der Waals surface area contributed by atoms with Gasteiger partial charge in [0.05, 0.1) is 12.1 Å². The SMILES string of the molecule is CC(C)OCc1nc(C(C)N)no1. The second-order valence-electron chi connectivity index (χ2n) is 3.19. The van der Waals surface area contributed by atoms with Crippen molar-refractivity contribution in [1.82, 2.24) is 10.1 Å². The van der Waals surface area contributed by atoms with Gasteiger partial charge in [-0.3, -0.25) is 0 Å². The third-order valence-electron chi connectivity index (χ3n) is 1.43. The van der Waals surface area contributed by atoms with Crippen LogP contribution in [0.4, 0.5) is 0 Å². The second kappa shape index (κ2) is 4.34. The van der Waals surface area contributed by atoms with Crippen LogP contribution in [0.25, 0.3) is 0 Å². The Kier molecular flexibility index (Phi) is 3.39. The predicted octanol–water partition coefficient (Wildman–Crippen LogP) is 1.01. The van der Waals surface area contributed by atoms with Crippen LogP contribution in [0.1, 0.15) is 38.5 Å². The first-order valence-electron chi connectivity index (χ1n) is 4.29. The van der Waals surface area contributed by atoms with E-state index >= 15 is 0 Å². The van der Waals surface area contributed by atoms with Gasteiger partial charge in [-0.1, -0.05) is 5.16 Å². The van der Waals surface area contributed by atoms with E-state index < -0.39 is 0 Å². The zero-order valence-electron chi connectivity index (χ0n) is 8.15. The molecule has 5 heteroatoms. The van der Waals surface area contributed by atoms with Gasteiger partial charge in [0.2, 0.25) is 0 Å². The molecule has 5 nitrogen and oxygen atoms in total. The van der Waals surface area contributed by atoms with Crippen molar-refractivity contribution in [2.75, 3.05) is 0 Å². The largest absolute Gasteiger partial charge is 0.369 e. The molecular weight excluding hydrogens is 170 g/mol. The maximum absolute atomic E-state index is 5.56. The van der Waals surface area contributed by atoms with E-state index in [1.54, 1.807) is 6.92 Å². The minimum absolute atomic E-state index is 0.158. The van der Waals surface area contributed by atoms with E-state index in [9.17, 15) is 0 Å². The van der Waals surface area contributed by atoms with Crippen molar-refractivity contribution in [2.24, 2.45) is 5.73 Å². The number of nitrogens with two attached hydrogens (primary N) is 1. The van der Waals surface area contributed by atoms with Crippen molar-refractivity contribution in [3.63, 3.8) is 0 Å². The molecule has 0 amide bonds. The maximum atomic E-state index is 5.56. The van der Waals surface area contributed by atoms with Gasteiger partial charge in [0.15, 0.2) is 5.82 Å². The summed E-state index contributed by atoms with van der Waals surface area (Å²) >= 11 is 0. The molecular formula is C8H15N3O2. The molecule has 0 aliphatic carbocycles. The minimum Gasteiger partial charge on any atom is -0.369 e. The molecule has 1 atom stereocenters. The summed E-state index contributed by atoms with van der Waals surface area (Å²) in [7, 11) is 0. The minimum atomic E-state index is -0.198. The van der Waals surface area contributed by atoms with Crippen LogP contribution < -0.4 is 5.73 Å². The average molecular weight is 185 g/mol. The second-order valence-corrected chi connectivity index (χ2v) is 3.19. The average Bonchev–Trinajstić information content (AvgIpc) is 2.48. The van der Waals surface area contributed by atoms with Gasteiger partial charge in [0.25, 0.3) is 5.89 Å². The summed E-state index contributed by atoms with van der Waals surface area (Å²) in [5.41, 5.74) is 5.56. The lowest BCUT2D eigenvalue weighted by molar-refractivity contribution is 0.0485. The highest BCUT2D eigenvalue weighted by Crippen LogP contribution is 2.06. The molecule has 0 radical (unpaired) electrons. The molecule has 0 saturated heterocycles. The van der Waals surface area contributed by atoms with Crippen molar-refractivity contribution in [3.05, 3.63) is 11.7 Å². The zero-order valence-corrected chi connectivity index (χ0v) is 8.15. The molecule has 0 bridgehead atoms. The topological polar surface area (TPSA) is 74.2 Å². The molecule has 1 rings (SSSR count). The van der Waals surface area contributed by atoms with Crippen LogP contribution in [0.2, 0.25) is 0 Å². The van der Waals surface area contributed by atoms with E-state index in [2.05, 4.69) is 10.1 Å². The number of nitrogens with zero attached hydrogens (tertiary/aromatic N) is 2. The first-order chi connectivity index (χ1) is 6.09. The standard InChI is InChI=1S/C8H15N3O2/c1-5(2)12-4-7-10-8(6(3)9)11-13-7/h5-6H,4,9H2,1-3H3. The van der Waals surface area contributed by atoms with Crippen LogP contribution in [-0.2, 0) is 11.3 Å². The van der Waals surface area contributed by atoms with Crippen LogP contribution in [-0.4, -0.2) is 16.2 Å². The fraction of sp³-hybridized carbons (Fsp3) is 0.750. The predicted molar refractivity (Wildman–Crippen MR) is 46.8 cm³/mol. The van der Waals surface area contributed by atoms with Crippen molar-refractivity contribution >= 4 is 0 Å². The molecule has 1 aromatic heterocycles. The van der Waals surface area contributed by atoms with Gasteiger partial charge in [0.1, 0.15) is 6.61 Å². The molecule has 0 aliphatic heterocycles. The molecule has 0 fully saturated rings. The Morgan fingerprint density at radius 2 is 2.15 bits per heavy atom. The Balaban J connectivity index is 2.49. The molecule has 0 aliphatic rings. The number of hydrogen-bond donors (Lipinski definition) is 1. The summed E-state index contributed by atoms with van der Waals surface area (Å²) in [5.74, 6) is 0.989. The number of hydrogen-bond acceptors (Lipinski definition) is 5. The van der Waals surface area contributed by atoms with E-state index in [1.807, 2.05) is 13.8 Å². The third kappa shape index (κ3) is 3.12. The van der Waals surface area contributed by atoms with Gasteiger partial charge in [-0.25, -0.2) is 0 Å².